The number of nitrogens with zero attached hydrogens (tertiary/aromatic N) is 5. The summed E-state index contributed by atoms with van der Waals surface area (Å²) >= 11 is 3.46. The van der Waals surface area contributed by atoms with Crippen LogP contribution in [0.4, 0.5) is 17.6 Å². The summed E-state index contributed by atoms with van der Waals surface area (Å²) in [6, 6.07) is 89.9. The Hall–Kier alpha value is -7.14. The molecule has 8 unspecified atom stereocenters. The van der Waals surface area contributed by atoms with Crippen LogP contribution < -0.4 is 0 Å². The molecule has 7 aromatic heterocycles. The van der Waals surface area contributed by atoms with E-state index < -0.39 is 35.5 Å². The fourth-order valence-corrected chi connectivity index (χ4v) is 11.7. The number of aromatic nitrogens is 5. The molecule has 7 aromatic carbocycles. The first-order chi connectivity index (χ1) is 52.0. The second kappa shape index (κ2) is 58.7. The Labute approximate surface area is 735 Å². The van der Waals surface area contributed by atoms with Crippen LogP contribution in [0.3, 0.4) is 0 Å². The largest absolute Gasteiger partial charge is 0.393 e. The molecule has 14 aromatic rings. The van der Waals surface area contributed by atoms with Gasteiger partial charge in [-0.3, -0.25) is 17.6 Å². The van der Waals surface area contributed by atoms with Crippen LogP contribution in [0, 0.1) is 53.6 Å². The molecule has 0 fully saturated rings. The van der Waals surface area contributed by atoms with Crippen LogP contribution >= 0.6 is 22.7 Å². The van der Waals surface area contributed by atoms with Crippen LogP contribution in [0.1, 0.15) is 90.6 Å². The van der Waals surface area contributed by atoms with E-state index in [1.165, 1.54) is 20.2 Å². The van der Waals surface area contributed by atoms with E-state index in [-0.39, 0.29) is 148 Å². The van der Waals surface area contributed by atoms with Gasteiger partial charge in [0.15, 0.2) is 0 Å². The summed E-state index contributed by atoms with van der Waals surface area (Å²) < 4.78 is 54.1. The van der Waals surface area contributed by atoms with Crippen molar-refractivity contribution in [1.29, 1.82) is 0 Å². The fourth-order valence-electron chi connectivity index (χ4n) is 9.75. The molecule has 0 aliphatic heterocycles. The molecule has 14 rings (SSSR count). The average molecular weight is 2460 g/mol. The van der Waals surface area contributed by atoms with Gasteiger partial charge in [0, 0.05) is 173 Å². The minimum Gasteiger partial charge on any atom is -0.393 e. The molecule has 0 amide bonds. The van der Waals surface area contributed by atoms with Gasteiger partial charge in [-0.1, -0.05) is 169 Å². The number of aliphatic hydroxyl groups excluding tert-OH is 8. The Morgan fingerprint density at radius 2 is 0.611 bits per heavy atom. The van der Waals surface area contributed by atoms with E-state index in [1.807, 2.05) is 164 Å². The van der Waals surface area contributed by atoms with Crippen molar-refractivity contribution in [1.82, 2.24) is 24.9 Å². The van der Waals surface area contributed by atoms with Gasteiger partial charge in [0.05, 0.1) is 48.8 Å². The first kappa shape index (κ1) is 104. The van der Waals surface area contributed by atoms with Gasteiger partial charge in [0.2, 0.25) is 0 Å². The van der Waals surface area contributed by atoms with Gasteiger partial charge in [-0.25, -0.2) is 22.7 Å². The quantitative estimate of drug-likeness (QED) is 0.0354. The molecule has 0 bridgehead atoms. The molecule has 8 atom stereocenters. The summed E-state index contributed by atoms with van der Waals surface area (Å²) in [6.45, 7) is 9.96. The number of pyridine rings is 5. The number of hydrogen-bond acceptors (Lipinski definition) is 15. The van der Waals surface area contributed by atoms with E-state index in [2.05, 4.69) is 91.6 Å². The SMILES string of the molecule is CC(O)CC(C)O.CC(O)CC(C)O.CC(O)CC(C)O.Fc1c[c-]c(-c2ccccn2)c(F)c1.Fc1c[c-]c(-c2ccccn2)c(F)c1.OC(CC(O)c1ccccc1)c1ccccc1.[Ir].[Ir].[Ir].[Ir].[Ir].[c-]1c(-c2ccccn2)sc2ccccc12.[c-]1c(-c2ccccn2)sc2ccccc12.[c-]1ccccc1-c1ccccn1. The van der Waals surface area contributed by atoms with Crippen LogP contribution in [-0.2, 0) is 101 Å². The van der Waals surface area contributed by atoms with Crippen molar-refractivity contribution in [3.63, 3.8) is 0 Å². The second-order valence-electron chi connectivity index (χ2n) is 24.4. The first-order valence-corrected chi connectivity index (χ1v) is 36.3. The van der Waals surface area contributed by atoms with Crippen molar-refractivity contribution >= 4 is 42.8 Å². The molecule has 7 heterocycles. The fraction of sp³-hybridized carbons (Fsp3) is 0.202. The number of hydrogen-bond donors (Lipinski definition) is 8. The van der Waals surface area contributed by atoms with Gasteiger partial charge >= 0.3 is 0 Å². The maximum absolute atomic E-state index is 13.2. The van der Waals surface area contributed by atoms with Crippen LogP contribution in [0.25, 0.3) is 75.1 Å². The van der Waals surface area contributed by atoms with Gasteiger partial charge in [-0.05, 0) is 138 Å². The number of benzene rings is 7. The number of halogens is 4. The topological polar surface area (TPSA) is 226 Å². The Morgan fingerprint density at radius 3 is 0.885 bits per heavy atom. The smallest absolute Gasteiger partial charge is 0.0818 e. The molecule has 0 spiro atoms. The van der Waals surface area contributed by atoms with Gasteiger partial charge in [0.1, 0.15) is 0 Å². The molecule has 0 aliphatic rings. The third kappa shape index (κ3) is 40.8. The van der Waals surface area contributed by atoms with Crippen molar-refractivity contribution in [3.05, 3.63) is 344 Å². The normalized spacial score (nSPS) is 12.0. The third-order valence-electron chi connectivity index (χ3n) is 14.6. The van der Waals surface area contributed by atoms with Crippen molar-refractivity contribution in [2.45, 2.75) is 116 Å². The Bertz CT molecular complexity index is 4330. The van der Waals surface area contributed by atoms with E-state index in [0.717, 1.165) is 67.8 Å². The average Bonchev–Trinajstić information content (AvgIpc) is 1.72. The zero-order valence-electron chi connectivity index (χ0n) is 62.3. The molecular weight excluding hydrogens is 2370 g/mol. The van der Waals surface area contributed by atoms with Crippen LogP contribution in [-0.4, -0.2) is 102 Å². The predicted octanol–water partition coefficient (Wildman–Crippen LogP) is 19.0. The van der Waals surface area contributed by atoms with E-state index in [9.17, 15) is 27.8 Å². The number of fused-ring (bicyclic) bond motifs is 2. The minimum absolute atomic E-state index is 0. The predicted molar refractivity (Wildman–Crippen MR) is 424 cm³/mol. The second-order valence-corrected chi connectivity index (χ2v) is 26.5. The molecule has 8 N–H and O–H groups in total. The summed E-state index contributed by atoms with van der Waals surface area (Å²) in [5.41, 5.74) is 6.95. The van der Waals surface area contributed by atoms with Crippen LogP contribution in [0.15, 0.2) is 280 Å². The molecule has 13 nitrogen and oxygen atoms in total. The molecule has 113 heavy (non-hydrogen) atoms. The zero-order valence-corrected chi connectivity index (χ0v) is 75.9. The van der Waals surface area contributed by atoms with Crippen molar-refractivity contribution in [3.8, 4) is 54.9 Å². The Morgan fingerprint density at radius 1 is 0.319 bits per heavy atom. The third-order valence-corrected chi connectivity index (χ3v) is 16.7. The molecule has 0 saturated heterocycles. The van der Waals surface area contributed by atoms with Crippen molar-refractivity contribution in [2.24, 2.45) is 0 Å². The number of aliphatic hydroxyl groups is 8. The molecule has 24 heteroatoms. The van der Waals surface area contributed by atoms with E-state index in [0.29, 0.717) is 37.1 Å². The minimum atomic E-state index is -0.649. The zero-order chi connectivity index (χ0) is 78.0. The Kier molecular flexibility index (Phi) is 53.9. The summed E-state index contributed by atoms with van der Waals surface area (Å²) in [5, 5.41) is 73.7. The van der Waals surface area contributed by atoms with Crippen molar-refractivity contribution < 1.29 is 159 Å². The number of rotatable bonds is 15. The molecule has 607 valence electrons. The Balaban J connectivity index is 0.000000642. The summed E-state index contributed by atoms with van der Waals surface area (Å²) in [6.07, 6.45) is 6.72. The van der Waals surface area contributed by atoms with Crippen LogP contribution in [0.2, 0.25) is 0 Å². The van der Waals surface area contributed by atoms with Gasteiger partial charge in [0.25, 0.3) is 0 Å². The van der Waals surface area contributed by atoms with Gasteiger partial charge < -0.3 is 65.8 Å². The first-order valence-electron chi connectivity index (χ1n) is 34.7. The van der Waals surface area contributed by atoms with Gasteiger partial charge in [-0.15, -0.1) is 107 Å². The van der Waals surface area contributed by atoms with E-state index >= 15 is 0 Å². The molecule has 0 aliphatic carbocycles. The van der Waals surface area contributed by atoms with E-state index in [4.69, 9.17) is 30.6 Å². The monoisotopic (exact) mass is 2460 g/mol. The summed E-state index contributed by atoms with van der Waals surface area (Å²) in [5.74, 6) is -2.57. The summed E-state index contributed by atoms with van der Waals surface area (Å²) in [4.78, 5) is 23.0. The molecular formula is C89H88F4Ir5N5O8S2-5. The van der Waals surface area contributed by atoms with Gasteiger partial charge in [-0.2, -0.15) is 0 Å². The standard InChI is InChI=1S/C15H16O2.2C13H8NS.2C11H6F2N.C11H8N.3C5H12O2.5Ir/c16-14(12-7-3-1-4-8-12)11-15(17)13-9-5-2-6-10-13;2*1-2-7-12-10(5-1)9-13(15-12)11-6-3-4-8-14-11;2*12-8-4-5-9(10(13)7-8)11-3-1-2-6-14-11;1-2-6-10(7-3-1)11-8-4-5-9-12-11;3*1-4(6)3-5(2)7;;;;;/h1-10,14-17H,11H2;2*1-8H;2*1-4,6-7H;1-6,8-9H;3*4-7H,3H2,1-2H3;;;;;/q;5*-1;;;;;;;;. The van der Waals surface area contributed by atoms with Crippen LogP contribution in [0.5, 0.6) is 0 Å². The van der Waals surface area contributed by atoms with E-state index in [1.54, 1.807) is 119 Å². The van der Waals surface area contributed by atoms with Crippen molar-refractivity contribution in [2.75, 3.05) is 0 Å². The number of thiophene rings is 2. The summed E-state index contributed by atoms with van der Waals surface area (Å²) in [7, 11) is 0. The molecule has 5 radical (unpaired) electrons. The molecule has 0 saturated carbocycles. The maximum atomic E-state index is 13.2. The maximum Gasteiger partial charge on any atom is 0.0818 e.